The summed E-state index contributed by atoms with van der Waals surface area (Å²) in [5.41, 5.74) is 1.99. The van der Waals surface area contributed by atoms with Crippen molar-refractivity contribution in [2.45, 2.75) is 26.2 Å². The molecule has 13 heavy (non-hydrogen) atoms. The lowest BCUT2D eigenvalue weighted by Crippen LogP contribution is -1.84. The normalized spacial score (nSPS) is 10.8. The number of benzene rings is 1. The zero-order valence-corrected chi connectivity index (χ0v) is 7.79. The molecule has 0 spiro atoms. The van der Waals surface area contributed by atoms with E-state index in [9.17, 15) is 0 Å². The van der Waals surface area contributed by atoms with Crippen molar-refractivity contribution in [1.82, 2.24) is 5.16 Å². The number of fused-ring (bicyclic) bond motifs is 1. The number of unbranched alkanes of at least 4 members (excludes halogenated alkanes) is 1. The van der Waals surface area contributed by atoms with Gasteiger partial charge in [-0.25, -0.2) is 0 Å². The minimum absolute atomic E-state index is 0.897. The maximum Gasteiger partial charge on any atom is 0.167 e. The first-order valence-corrected chi connectivity index (χ1v) is 4.75. The van der Waals surface area contributed by atoms with Gasteiger partial charge in [-0.2, -0.15) is 0 Å². The van der Waals surface area contributed by atoms with E-state index in [1.807, 2.05) is 18.2 Å². The van der Waals surface area contributed by atoms with Crippen LogP contribution in [0, 0.1) is 0 Å². The molecule has 2 rings (SSSR count). The maximum absolute atomic E-state index is 5.20. The average Bonchev–Trinajstić information content (AvgIpc) is 2.58. The monoisotopic (exact) mass is 175 g/mol. The molecule has 0 fully saturated rings. The highest BCUT2D eigenvalue weighted by Gasteiger charge is 2.05. The molecule has 0 aliphatic carbocycles. The molecule has 0 amide bonds. The fourth-order valence-corrected chi connectivity index (χ4v) is 1.46. The summed E-state index contributed by atoms with van der Waals surface area (Å²) in [4.78, 5) is 0. The summed E-state index contributed by atoms with van der Waals surface area (Å²) in [7, 11) is 0. The van der Waals surface area contributed by atoms with E-state index >= 15 is 0 Å². The molecule has 0 radical (unpaired) electrons. The second-order valence-electron chi connectivity index (χ2n) is 3.23. The van der Waals surface area contributed by atoms with Crippen molar-refractivity contribution in [3.05, 3.63) is 30.0 Å². The van der Waals surface area contributed by atoms with E-state index in [1.165, 1.54) is 12.8 Å². The van der Waals surface area contributed by atoms with Gasteiger partial charge in [0.05, 0.1) is 5.69 Å². The standard InChI is InChI=1S/C11H13NO/c1-2-3-7-10-9-6-4-5-8-11(9)13-12-10/h4-6,8H,2-3,7H2,1H3. The highest BCUT2D eigenvalue weighted by Crippen LogP contribution is 2.18. The fourth-order valence-electron chi connectivity index (χ4n) is 1.46. The number of aryl methyl sites for hydroxylation is 1. The van der Waals surface area contributed by atoms with Crippen LogP contribution in [0.25, 0.3) is 11.0 Å². The summed E-state index contributed by atoms with van der Waals surface area (Å²) in [6.45, 7) is 2.18. The Morgan fingerprint density at radius 1 is 1.31 bits per heavy atom. The van der Waals surface area contributed by atoms with Crippen molar-refractivity contribution >= 4 is 11.0 Å². The second-order valence-corrected chi connectivity index (χ2v) is 3.23. The quantitative estimate of drug-likeness (QED) is 0.716. The van der Waals surface area contributed by atoms with Gasteiger partial charge in [0, 0.05) is 5.39 Å². The smallest absolute Gasteiger partial charge is 0.167 e. The zero-order valence-electron chi connectivity index (χ0n) is 7.79. The van der Waals surface area contributed by atoms with E-state index in [0.29, 0.717) is 0 Å². The van der Waals surface area contributed by atoms with Crippen LogP contribution in [-0.2, 0) is 6.42 Å². The Hall–Kier alpha value is -1.31. The molecule has 0 atom stereocenters. The van der Waals surface area contributed by atoms with Crippen LogP contribution in [-0.4, -0.2) is 5.16 Å². The third-order valence-electron chi connectivity index (χ3n) is 2.22. The van der Waals surface area contributed by atoms with Crippen LogP contribution in [0.3, 0.4) is 0 Å². The molecule has 0 saturated carbocycles. The minimum atomic E-state index is 0.897. The third kappa shape index (κ3) is 1.57. The topological polar surface area (TPSA) is 26.0 Å². The Balaban J connectivity index is 2.35. The van der Waals surface area contributed by atoms with Crippen LogP contribution in [0.15, 0.2) is 28.8 Å². The maximum atomic E-state index is 5.20. The lowest BCUT2D eigenvalue weighted by Gasteiger charge is -1.92. The molecule has 2 heteroatoms. The van der Waals surface area contributed by atoms with Gasteiger partial charge in [-0.1, -0.05) is 30.6 Å². The Morgan fingerprint density at radius 3 is 3.00 bits per heavy atom. The van der Waals surface area contributed by atoms with Crippen LogP contribution < -0.4 is 0 Å². The first-order valence-electron chi connectivity index (χ1n) is 4.75. The number of hydrogen-bond donors (Lipinski definition) is 0. The Kier molecular flexibility index (Phi) is 2.30. The number of para-hydroxylation sites is 1. The molecule has 1 aromatic carbocycles. The largest absolute Gasteiger partial charge is 0.356 e. The Bertz CT molecular complexity index is 392. The van der Waals surface area contributed by atoms with E-state index in [1.54, 1.807) is 0 Å². The van der Waals surface area contributed by atoms with E-state index in [2.05, 4.69) is 18.1 Å². The lowest BCUT2D eigenvalue weighted by atomic mass is 10.1. The van der Waals surface area contributed by atoms with Gasteiger partial charge in [-0.05, 0) is 25.0 Å². The zero-order chi connectivity index (χ0) is 9.10. The molecular formula is C11H13NO. The van der Waals surface area contributed by atoms with Crippen LogP contribution in [0.5, 0.6) is 0 Å². The number of nitrogens with zero attached hydrogens (tertiary/aromatic N) is 1. The summed E-state index contributed by atoms with van der Waals surface area (Å²) >= 11 is 0. The van der Waals surface area contributed by atoms with Crippen LogP contribution >= 0.6 is 0 Å². The first-order chi connectivity index (χ1) is 6.42. The Labute approximate surface area is 77.5 Å². The molecular weight excluding hydrogens is 162 g/mol. The molecule has 0 N–H and O–H groups in total. The van der Waals surface area contributed by atoms with Crippen molar-refractivity contribution in [3.8, 4) is 0 Å². The van der Waals surface area contributed by atoms with Crippen molar-refractivity contribution in [3.63, 3.8) is 0 Å². The second kappa shape index (κ2) is 3.60. The molecule has 1 heterocycles. The highest BCUT2D eigenvalue weighted by molar-refractivity contribution is 5.79. The van der Waals surface area contributed by atoms with E-state index in [4.69, 9.17) is 4.52 Å². The molecule has 2 nitrogen and oxygen atoms in total. The lowest BCUT2D eigenvalue weighted by molar-refractivity contribution is 0.444. The van der Waals surface area contributed by atoms with Crippen LogP contribution in [0.4, 0.5) is 0 Å². The predicted molar refractivity (Wildman–Crippen MR) is 52.6 cm³/mol. The molecule has 0 saturated heterocycles. The number of hydrogen-bond acceptors (Lipinski definition) is 2. The van der Waals surface area contributed by atoms with E-state index in [0.717, 1.165) is 23.1 Å². The molecule has 68 valence electrons. The third-order valence-corrected chi connectivity index (χ3v) is 2.22. The van der Waals surface area contributed by atoms with Gasteiger partial charge in [0.1, 0.15) is 0 Å². The Morgan fingerprint density at radius 2 is 2.15 bits per heavy atom. The highest BCUT2D eigenvalue weighted by atomic mass is 16.5. The molecule has 1 aromatic heterocycles. The average molecular weight is 175 g/mol. The minimum Gasteiger partial charge on any atom is -0.356 e. The van der Waals surface area contributed by atoms with Crippen LogP contribution in [0.1, 0.15) is 25.5 Å². The molecule has 2 aromatic rings. The summed E-state index contributed by atoms with van der Waals surface area (Å²) in [5, 5.41) is 5.22. The van der Waals surface area contributed by atoms with E-state index < -0.39 is 0 Å². The van der Waals surface area contributed by atoms with Crippen LogP contribution in [0.2, 0.25) is 0 Å². The summed E-state index contributed by atoms with van der Waals surface area (Å²) in [6.07, 6.45) is 3.39. The molecule has 0 aliphatic rings. The van der Waals surface area contributed by atoms with Gasteiger partial charge in [0.2, 0.25) is 0 Å². The predicted octanol–water partition coefficient (Wildman–Crippen LogP) is 3.17. The fraction of sp³-hybridized carbons (Fsp3) is 0.364. The SMILES string of the molecule is CCCCc1noc2ccccc12. The van der Waals surface area contributed by atoms with Crippen molar-refractivity contribution in [2.24, 2.45) is 0 Å². The molecule has 0 aliphatic heterocycles. The number of rotatable bonds is 3. The summed E-state index contributed by atoms with van der Waals surface area (Å²) in [5.74, 6) is 0. The summed E-state index contributed by atoms with van der Waals surface area (Å²) < 4.78 is 5.20. The van der Waals surface area contributed by atoms with Gasteiger partial charge in [0.25, 0.3) is 0 Å². The van der Waals surface area contributed by atoms with Gasteiger partial charge < -0.3 is 4.52 Å². The van der Waals surface area contributed by atoms with Crippen molar-refractivity contribution in [1.29, 1.82) is 0 Å². The van der Waals surface area contributed by atoms with Gasteiger partial charge in [-0.3, -0.25) is 0 Å². The van der Waals surface area contributed by atoms with Gasteiger partial charge >= 0.3 is 0 Å². The van der Waals surface area contributed by atoms with Gasteiger partial charge in [0.15, 0.2) is 5.58 Å². The number of aromatic nitrogens is 1. The molecule has 0 bridgehead atoms. The molecule has 0 unspecified atom stereocenters. The summed E-state index contributed by atoms with van der Waals surface area (Å²) in [6, 6.07) is 8.01. The van der Waals surface area contributed by atoms with E-state index in [-0.39, 0.29) is 0 Å². The first kappa shape index (κ1) is 8.30. The van der Waals surface area contributed by atoms with Gasteiger partial charge in [-0.15, -0.1) is 0 Å². The van der Waals surface area contributed by atoms with Crippen molar-refractivity contribution in [2.75, 3.05) is 0 Å². The van der Waals surface area contributed by atoms with Crippen molar-refractivity contribution < 1.29 is 4.52 Å².